The molecule has 16 heavy (non-hydrogen) atoms. The van der Waals surface area contributed by atoms with Gasteiger partial charge in [0.15, 0.2) is 0 Å². The summed E-state index contributed by atoms with van der Waals surface area (Å²) in [6.45, 7) is 4.02. The van der Waals surface area contributed by atoms with Crippen molar-refractivity contribution in [2.24, 2.45) is 0 Å². The van der Waals surface area contributed by atoms with Gasteiger partial charge in [-0.1, -0.05) is 41.9 Å². The molecule has 0 spiro atoms. The van der Waals surface area contributed by atoms with E-state index >= 15 is 0 Å². The lowest BCUT2D eigenvalue weighted by Gasteiger charge is -2.16. The first-order valence-electron chi connectivity index (χ1n) is 5.65. The normalized spacial score (nSPS) is 14.8. The maximum absolute atomic E-state index is 9.40. The van der Waals surface area contributed by atoms with Crippen molar-refractivity contribution < 1.29 is 10.2 Å². The molecule has 0 radical (unpaired) electrons. The number of hydrogen-bond acceptors (Lipinski definition) is 2. The van der Waals surface area contributed by atoms with Crippen LogP contribution in [0.4, 0.5) is 0 Å². The van der Waals surface area contributed by atoms with Gasteiger partial charge in [-0.15, -0.1) is 0 Å². The van der Waals surface area contributed by atoms with Gasteiger partial charge in [0.05, 0.1) is 12.7 Å². The van der Waals surface area contributed by atoms with Crippen LogP contribution in [-0.4, -0.2) is 22.9 Å². The Balaban J connectivity index is 2.76. The van der Waals surface area contributed by atoms with Gasteiger partial charge < -0.3 is 10.2 Å². The number of halogens is 1. The molecule has 2 unspecified atom stereocenters. The summed E-state index contributed by atoms with van der Waals surface area (Å²) in [5.41, 5.74) is 2.48. The minimum absolute atomic E-state index is 0.168. The Kier molecular flexibility index (Phi) is 5.46. The number of aliphatic hydroxyl groups is 2. The predicted molar refractivity (Wildman–Crippen MR) is 69.6 cm³/mol. The van der Waals surface area contributed by atoms with Crippen molar-refractivity contribution in [3.63, 3.8) is 0 Å². The van der Waals surface area contributed by atoms with Crippen molar-refractivity contribution in [3.8, 4) is 0 Å². The van der Waals surface area contributed by atoms with Gasteiger partial charge in [-0.25, -0.2) is 0 Å². The van der Waals surface area contributed by atoms with Crippen molar-refractivity contribution in [2.45, 2.75) is 38.7 Å². The highest BCUT2D eigenvalue weighted by Crippen LogP contribution is 2.26. The Morgan fingerprint density at radius 3 is 2.56 bits per heavy atom. The van der Waals surface area contributed by atoms with Gasteiger partial charge in [-0.2, -0.15) is 0 Å². The van der Waals surface area contributed by atoms with E-state index in [-0.39, 0.29) is 12.5 Å². The standard InChI is InChI=1S/C13H19BrO2/c1-3-10-4-5-11(7-13(10)14)9(2)6-12(16)8-15/h4-5,7,9,12,15-16H,3,6,8H2,1-2H3. The topological polar surface area (TPSA) is 40.5 Å². The highest BCUT2D eigenvalue weighted by molar-refractivity contribution is 9.10. The van der Waals surface area contributed by atoms with E-state index < -0.39 is 6.10 Å². The van der Waals surface area contributed by atoms with Gasteiger partial charge in [0.1, 0.15) is 0 Å². The summed E-state index contributed by atoms with van der Waals surface area (Å²) < 4.78 is 1.12. The fourth-order valence-electron chi connectivity index (χ4n) is 1.78. The maximum Gasteiger partial charge on any atom is 0.0776 e. The van der Waals surface area contributed by atoms with Crippen LogP contribution in [0.1, 0.15) is 37.3 Å². The Labute approximate surface area is 105 Å². The first kappa shape index (κ1) is 13.7. The molecule has 0 aliphatic carbocycles. The molecule has 0 fully saturated rings. The molecular weight excluding hydrogens is 268 g/mol. The number of hydrogen-bond donors (Lipinski definition) is 2. The fourth-order valence-corrected chi connectivity index (χ4v) is 2.45. The minimum Gasteiger partial charge on any atom is -0.394 e. The van der Waals surface area contributed by atoms with Crippen LogP contribution in [0.2, 0.25) is 0 Å². The van der Waals surface area contributed by atoms with E-state index in [1.165, 1.54) is 11.1 Å². The van der Waals surface area contributed by atoms with Crippen molar-refractivity contribution in [2.75, 3.05) is 6.61 Å². The largest absolute Gasteiger partial charge is 0.394 e. The van der Waals surface area contributed by atoms with E-state index in [9.17, 15) is 5.11 Å². The van der Waals surface area contributed by atoms with Gasteiger partial charge in [0.2, 0.25) is 0 Å². The molecule has 0 bridgehead atoms. The summed E-state index contributed by atoms with van der Waals surface area (Å²) in [5, 5.41) is 18.2. The van der Waals surface area contributed by atoms with Gasteiger partial charge >= 0.3 is 0 Å². The van der Waals surface area contributed by atoms with Crippen LogP contribution < -0.4 is 0 Å². The second-order valence-electron chi connectivity index (χ2n) is 4.18. The average Bonchev–Trinajstić information content (AvgIpc) is 2.28. The third-order valence-electron chi connectivity index (χ3n) is 2.86. The predicted octanol–water partition coefficient (Wildman–Crippen LogP) is 2.86. The summed E-state index contributed by atoms with van der Waals surface area (Å²) in [6, 6.07) is 6.31. The number of benzene rings is 1. The van der Waals surface area contributed by atoms with E-state index in [2.05, 4.69) is 48.0 Å². The van der Waals surface area contributed by atoms with Crippen LogP contribution in [0.3, 0.4) is 0 Å². The van der Waals surface area contributed by atoms with Crippen molar-refractivity contribution >= 4 is 15.9 Å². The highest BCUT2D eigenvalue weighted by Gasteiger charge is 2.12. The monoisotopic (exact) mass is 286 g/mol. The zero-order valence-electron chi connectivity index (χ0n) is 9.78. The fraction of sp³-hybridized carbons (Fsp3) is 0.538. The quantitative estimate of drug-likeness (QED) is 0.874. The van der Waals surface area contributed by atoms with Crippen LogP contribution in [-0.2, 0) is 6.42 Å². The highest BCUT2D eigenvalue weighted by atomic mass is 79.9. The lowest BCUT2D eigenvalue weighted by Crippen LogP contribution is -2.15. The zero-order chi connectivity index (χ0) is 12.1. The lowest BCUT2D eigenvalue weighted by atomic mass is 9.94. The van der Waals surface area contributed by atoms with Crippen molar-refractivity contribution in [1.29, 1.82) is 0 Å². The van der Waals surface area contributed by atoms with E-state index in [4.69, 9.17) is 5.11 Å². The molecule has 0 heterocycles. The molecule has 0 aliphatic rings. The van der Waals surface area contributed by atoms with Gasteiger partial charge in [0.25, 0.3) is 0 Å². The summed E-state index contributed by atoms with van der Waals surface area (Å²) in [4.78, 5) is 0. The van der Waals surface area contributed by atoms with Crippen LogP contribution in [0, 0.1) is 0 Å². The second kappa shape index (κ2) is 6.38. The molecule has 0 aliphatic heterocycles. The Hall–Kier alpha value is -0.380. The Morgan fingerprint density at radius 2 is 2.06 bits per heavy atom. The molecule has 0 amide bonds. The minimum atomic E-state index is -0.625. The summed E-state index contributed by atoms with van der Waals surface area (Å²) >= 11 is 3.55. The van der Waals surface area contributed by atoms with E-state index in [0.717, 1.165) is 10.9 Å². The van der Waals surface area contributed by atoms with E-state index in [0.29, 0.717) is 6.42 Å². The Bertz CT molecular complexity index is 339. The van der Waals surface area contributed by atoms with Crippen LogP contribution in [0.15, 0.2) is 22.7 Å². The molecule has 0 aromatic heterocycles. The van der Waals surface area contributed by atoms with E-state index in [1.54, 1.807) is 0 Å². The molecule has 2 N–H and O–H groups in total. The second-order valence-corrected chi connectivity index (χ2v) is 5.03. The molecule has 2 atom stereocenters. The molecule has 1 aromatic carbocycles. The third-order valence-corrected chi connectivity index (χ3v) is 3.60. The Morgan fingerprint density at radius 1 is 1.38 bits per heavy atom. The average molecular weight is 287 g/mol. The molecule has 3 heteroatoms. The summed E-state index contributed by atoms with van der Waals surface area (Å²) in [6.07, 6.45) is 0.975. The summed E-state index contributed by atoms with van der Waals surface area (Å²) in [5.74, 6) is 0.254. The smallest absolute Gasteiger partial charge is 0.0776 e. The SMILES string of the molecule is CCc1ccc(C(C)CC(O)CO)cc1Br. The van der Waals surface area contributed by atoms with Gasteiger partial charge in [-0.3, -0.25) is 0 Å². The molecular formula is C13H19BrO2. The lowest BCUT2D eigenvalue weighted by molar-refractivity contribution is 0.0835. The third kappa shape index (κ3) is 3.58. The number of aryl methyl sites for hydroxylation is 1. The van der Waals surface area contributed by atoms with Crippen molar-refractivity contribution in [3.05, 3.63) is 33.8 Å². The van der Waals surface area contributed by atoms with E-state index in [1.807, 2.05) is 0 Å². The maximum atomic E-state index is 9.40. The molecule has 1 rings (SSSR count). The molecule has 2 nitrogen and oxygen atoms in total. The first-order chi connectivity index (χ1) is 7.58. The van der Waals surface area contributed by atoms with Crippen LogP contribution in [0.5, 0.6) is 0 Å². The van der Waals surface area contributed by atoms with Crippen LogP contribution >= 0.6 is 15.9 Å². The molecule has 0 saturated heterocycles. The zero-order valence-corrected chi connectivity index (χ0v) is 11.4. The first-order valence-corrected chi connectivity index (χ1v) is 6.45. The van der Waals surface area contributed by atoms with Gasteiger partial charge in [-0.05, 0) is 36.0 Å². The van der Waals surface area contributed by atoms with Crippen LogP contribution in [0.25, 0.3) is 0 Å². The van der Waals surface area contributed by atoms with Crippen molar-refractivity contribution in [1.82, 2.24) is 0 Å². The van der Waals surface area contributed by atoms with Gasteiger partial charge in [0, 0.05) is 4.47 Å². The molecule has 1 aromatic rings. The molecule has 0 saturated carbocycles. The molecule has 90 valence electrons. The number of rotatable bonds is 5. The summed E-state index contributed by atoms with van der Waals surface area (Å²) in [7, 11) is 0. The number of aliphatic hydroxyl groups excluding tert-OH is 2.